The Kier molecular flexibility index (Phi) is 12.6. The molecule has 0 aromatic carbocycles. The Bertz CT molecular complexity index is 128. The summed E-state index contributed by atoms with van der Waals surface area (Å²) in [5, 5.41) is 26.0. The van der Waals surface area contributed by atoms with E-state index in [1.165, 1.54) is 0 Å². The van der Waals surface area contributed by atoms with Crippen LogP contribution < -0.4 is 0 Å². The fourth-order valence-electron chi connectivity index (χ4n) is 0.551. The number of hydrogen-bond acceptors (Lipinski definition) is 8. The molecule has 0 aromatic heterocycles. The number of rotatable bonds is 6. The molecule has 0 aliphatic rings. The topological polar surface area (TPSA) is 151 Å². The largest absolute Gasteiger partial charge is 0.396 e. The first-order valence-corrected chi connectivity index (χ1v) is 6.57. The Morgan fingerprint density at radius 3 is 1.19 bits per heavy atom. The van der Waals surface area contributed by atoms with E-state index in [0.29, 0.717) is 6.42 Å². The van der Waals surface area contributed by atoms with Crippen molar-refractivity contribution in [2.45, 2.75) is 13.3 Å². The van der Waals surface area contributed by atoms with Crippen molar-refractivity contribution < 1.29 is 39.2 Å². The van der Waals surface area contributed by atoms with Crippen molar-refractivity contribution in [3.63, 3.8) is 0 Å². The summed E-state index contributed by atoms with van der Waals surface area (Å²) in [7, 11) is -5.22. The van der Waals surface area contributed by atoms with Gasteiger partial charge in [-0.05, 0) is 6.42 Å². The van der Waals surface area contributed by atoms with Gasteiger partial charge in [-0.2, -0.15) is 0 Å². The van der Waals surface area contributed by atoms with Crippen LogP contribution >= 0.6 is 17.2 Å². The van der Waals surface area contributed by atoms with Crippen LogP contribution in [0.4, 0.5) is 0 Å². The number of aliphatic hydroxyl groups is 3. The second-order valence-electron chi connectivity index (χ2n) is 2.92. The van der Waals surface area contributed by atoms with Gasteiger partial charge in [0.2, 0.25) is 0 Å². The number of aliphatic hydroxyl groups excluding tert-OH is 3. The molecule has 0 aromatic rings. The van der Waals surface area contributed by atoms with E-state index in [1.54, 1.807) is 0 Å². The van der Waals surface area contributed by atoms with Gasteiger partial charge in [-0.1, -0.05) is 6.92 Å². The molecule has 10 heteroatoms. The first-order valence-electron chi connectivity index (χ1n) is 4.24. The first kappa shape index (κ1) is 18.9. The van der Waals surface area contributed by atoms with E-state index in [1.807, 2.05) is 6.92 Å². The van der Waals surface area contributed by atoms with Crippen LogP contribution in [0.25, 0.3) is 0 Å². The van der Waals surface area contributed by atoms with Crippen LogP contribution in [0.1, 0.15) is 13.3 Å². The van der Waals surface area contributed by atoms with Crippen LogP contribution in [-0.4, -0.2) is 54.7 Å². The molecule has 16 heavy (non-hydrogen) atoms. The molecule has 0 atom stereocenters. The zero-order valence-electron chi connectivity index (χ0n) is 8.76. The van der Waals surface area contributed by atoms with Gasteiger partial charge < -0.3 is 34.9 Å². The van der Waals surface area contributed by atoms with E-state index in [9.17, 15) is 0 Å². The minimum atomic E-state index is -2.61. The fourth-order valence-corrected chi connectivity index (χ4v) is 1.07. The molecule has 0 saturated carbocycles. The lowest BCUT2D eigenvalue weighted by atomic mass is 9.88. The third-order valence-corrected chi connectivity index (χ3v) is 3.07. The summed E-state index contributed by atoms with van der Waals surface area (Å²) in [4.78, 5) is 31.3. The van der Waals surface area contributed by atoms with E-state index in [2.05, 4.69) is 4.31 Å². The molecular weight excluding hydrogens is 262 g/mol. The summed E-state index contributed by atoms with van der Waals surface area (Å²) < 4.78 is 3.60. The molecule has 7 N–H and O–H groups in total. The van der Waals surface area contributed by atoms with Gasteiger partial charge in [0.25, 0.3) is 0 Å². The van der Waals surface area contributed by atoms with Crippen molar-refractivity contribution in [2.24, 2.45) is 5.41 Å². The third kappa shape index (κ3) is 9.74. The maximum absolute atomic E-state index is 8.66. The van der Waals surface area contributed by atoms with Crippen molar-refractivity contribution in [2.75, 3.05) is 19.8 Å². The molecule has 0 aliphatic carbocycles. The van der Waals surface area contributed by atoms with Crippen molar-refractivity contribution in [1.82, 2.24) is 0 Å². The minimum Gasteiger partial charge on any atom is -0.396 e. The summed E-state index contributed by atoms with van der Waals surface area (Å²) in [6, 6.07) is 0. The lowest BCUT2D eigenvalue weighted by Gasteiger charge is -2.24. The van der Waals surface area contributed by atoms with Crippen molar-refractivity contribution in [3.05, 3.63) is 0 Å². The molecule has 0 amide bonds. The average molecular weight is 280 g/mol. The Morgan fingerprint density at radius 1 is 0.875 bits per heavy atom. The van der Waals surface area contributed by atoms with Gasteiger partial charge >= 0.3 is 17.2 Å². The molecule has 0 spiro atoms. The van der Waals surface area contributed by atoms with Crippen LogP contribution in [0.3, 0.4) is 0 Å². The zero-order chi connectivity index (χ0) is 13.2. The summed E-state index contributed by atoms with van der Waals surface area (Å²) in [6.45, 7) is 1.35. The van der Waals surface area contributed by atoms with Crippen LogP contribution in [0.2, 0.25) is 0 Å². The highest BCUT2D eigenvalue weighted by atomic mass is 31.2. The van der Waals surface area contributed by atoms with E-state index >= 15 is 0 Å². The van der Waals surface area contributed by atoms with Crippen molar-refractivity contribution >= 4 is 17.2 Å². The van der Waals surface area contributed by atoms with Gasteiger partial charge in [0.15, 0.2) is 0 Å². The first-order chi connectivity index (χ1) is 7.37. The fraction of sp³-hybridized carbons (Fsp3) is 1.00. The minimum absolute atomic E-state index is 0.156. The highest BCUT2D eigenvalue weighted by Crippen LogP contribution is 2.41. The van der Waals surface area contributed by atoms with Gasteiger partial charge in [0.05, 0.1) is 19.8 Å². The number of hydrogen-bond donors (Lipinski definition) is 7. The van der Waals surface area contributed by atoms with Crippen LogP contribution in [0.5, 0.6) is 0 Å². The highest BCUT2D eigenvalue weighted by molar-refractivity contribution is 7.53. The molecule has 8 nitrogen and oxygen atoms in total. The summed E-state index contributed by atoms with van der Waals surface area (Å²) in [5.41, 5.74) is -0.667. The predicted molar refractivity (Wildman–Crippen MR) is 57.8 cm³/mol. The zero-order valence-corrected chi connectivity index (χ0v) is 10.6. The molecule has 0 unspecified atom stereocenters. The summed E-state index contributed by atoms with van der Waals surface area (Å²) >= 11 is 0. The Morgan fingerprint density at radius 2 is 1.19 bits per heavy atom. The van der Waals surface area contributed by atoms with Crippen LogP contribution in [-0.2, 0) is 4.31 Å². The van der Waals surface area contributed by atoms with Gasteiger partial charge in [0.1, 0.15) is 0 Å². The normalized spacial score (nSPS) is 11.6. The Labute approximate surface area is 95.8 Å². The van der Waals surface area contributed by atoms with E-state index in [0.717, 1.165) is 0 Å². The molecule has 0 saturated heterocycles. The summed E-state index contributed by atoms with van der Waals surface area (Å²) in [6.07, 6.45) is 0.594. The highest BCUT2D eigenvalue weighted by Gasteiger charge is 2.24. The molecule has 100 valence electrons. The second kappa shape index (κ2) is 10.7. The Hall–Kier alpha value is 0.540. The molecule has 0 fully saturated rings. The predicted octanol–water partition coefficient (Wildman–Crippen LogP) is -1.21. The van der Waals surface area contributed by atoms with E-state index < -0.39 is 22.6 Å². The van der Waals surface area contributed by atoms with Gasteiger partial charge in [-0.25, -0.2) is 4.31 Å². The quantitative estimate of drug-likeness (QED) is 0.299. The smallest absolute Gasteiger partial charge is 0.334 e. The molecule has 0 radical (unpaired) electrons. The SMILES string of the molecule is CCC(CO)(CO)CO.OP(O)OP(O)O. The van der Waals surface area contributed by atoms with E-state index in [-0.39, 0.29) is 19.8 Å². The Balaban J connectivity index is 0. The monoisotopic (exact) mass is 280 g/mol. The molecule has 0 aliphatic heterocycles. The molecule has 0 bridgehead atoms. The second-order valence-corrected chi connectivity index (χ2v) is 4.58. The van der Waals surface area contributed by atoms with Crippen LogP contribution in [0, 0.1) is 5.41 Å². The van der Waals surface area contributed by atoms with Crippen molar-refractivity contribution in [3.8, 4) is 0 Å². The molecule has 0 rings (SSSR count). The van der Waals surface area contributed by atoms with Gasteiger partial charge in [-0.15, -0.1) is 0 Å². The third-order valence-electron chi connectivity index (χ3n) is 1.90. The average Bonchev–Trinajstić information content (AvgIpc) is 2.21. The summed E-state index contributed by atoms with van der Waals surface area (Å²) in [5.74, 6) is 0. The maximum Gasteiger partial charge on any atom is 0.334 e. The van der Waals surface area contributed by atoms with Crippen LogP contribution in [0.15, 0.2) is 0 Å². The molecular formula is C6H18O8P2. The lowest BCUT2D eigenvalue weighted by Crippen LogP contribution is -2.32. The maximum atomic E-state index is 8.66. The van der Waals surface area contributed by atoms with Gasteiger partial charge in [0, 0.05) is 5.41 Å². The van der Waals surface area contributed by atoms with Crippen molar-refractivity contribution in [1.29, 1.82) is 0 Å². The lowest BCUT2D eigenvalue weighted by molar-refractivity contribution is 0.00304. The molecule has 0 heterocycles. The van der Waals surface area contributed by atoms with Gasteiger partial charge in [-0.3, -0.25) is 0 Å². The van der Waals surface area contributed by atoms with E-state index in [4.69, 9.17) is 34.9 Å². The standard InChI is InChI=1S/C6H14O3.H4O5P2/c1-2-6(3-7,4-8)5-9;1-6(2)5-7(3)4/h7-9H,2-5H2,1H3;1-4H.